The molecule has 1 atom stereocenters. The summed E-state index contributed by atoms with van der Waals surface area (Å²) in [6.45, 7) is 1.56. The first-order valence-corrected chi connectivity index (χ1v) is 15.6. The molecule has 5 nitrogen and oxygen atoms in total. The van der Waals surface area contributed by atoms with Crippen LogP contribution in [0, 0.1) is 0 Å². The van der Waals surface area contributed by atoms with E-state index in [1.165, 1.54) is 12.3 Å². The van der Waals surface area contributed by atoms with Gasteiger partial charge < -0.3 is 4.74 Å². The molecule has 0 saturated heterocycles. The van der Waals surface area contributed by atoms with Gasteiger partial charge in [0.15, 0.2) is 0 Å². The number of alkyl halides is 3. The van der Waals surface area contributed by atoms with Crippen LogP contribution in [0.3, 0.4) is 0 Å². The first-order chi connectivity index (χ1) is 20.6. The second-order valence-corrected chi connectivity index (χ2v) is 11.5. The fourth-order valence-electron chi connectivity index (χ4n) is 4.82. The molecular formula is C33H32ClF3N2O3S. The van der Waals surface area contributed by atoms with Crippen molar-refractivity contribution in [2.24, 2.45) is 0 Å². The highest BCUT2D eigenvalue weighted by Crippen LogP contribution is 2.37. The highest BCUT2D eigenvalue weighted by molar-refractivity contribution is 7.82. The van der Waals surface area contributed by atoms with E-state index in [0.717, 1.165) is 17.2 Å². The fraction of sp³-hybridized carbons (Fsp3) is 0.242. The van der Waals surface area contributed by atoms with Crippen molar-refractivity contribution in [1.29, 1.82) is 0 Å². The van der Waals surface area contributed by atoms with E-state index < -0.39 is 28.6 Å². The Morgan fingerprint density at radius 2 is 1.56 bits per heavy atom. The van der Waals surface area contributed by atoms with Crippen LogP contribution in [0.25, 0.3) is 0 Å². The number of rotatable bonds is 13. The van der Waals surface area contributed by atoms with E-state index in [2.05, 4.69) is 9.62 Å². The van der Waals surface area contributed by atoms with Crippen molar-refractivity contribution in [2.75, 3.05) is 26.0 Å². The Hall–Kier alpha value is -3.66. The summed E-state index contributed by atoms with van der Waals surface area (Å²) in [6.07, 6.45) is -2.63. The Morgan fingerprint density at radius 3 is 2.16 bits per heavy atom. The van der Waals surface area contributed by atoms with Gasteiger partial charge in [-0.05, 0) is 47.4 Å². The molecule has 4 aromatic rings. The first kappa shape index (κ1) is 32.3. The van der Waals surface area contributed by atoms with Crippen molar-refractivity contribution in [3.63, 3.8) is 0 Å². The van der Waals surface area contributed by atoms with Crippen LogP contribution in [0.15, 0.2) is 103 Å². The van der Waals surface area contributed by atoms with Gasteiger partial charge in [0.2, 0.25) is 0 Å². The SMILES string of the molecule is CS(=O)NC(=O)c1cccc(OCCCN(Cc2cccc(C(F)(F)F)c2Cl)CC(c2ccccc2)c2ccccc2)c1. The summed E-state index contributed by atoms with van der Waals surface area (Å²) in [5.74, 6) is -0.0241. The molecule has 1 unspecified atom stereocenters. The first-order valence-electron chi connectivity index (χ1n) is 13.7. The molecule has 0 bridgehead atoms. The molecule has 0 spiro atoms. The van der Waals surface area contributed by atoms with Gasteiger partial charge in [0.25, 0.3) is 5.91 Å². The molecule has 0 fully saturated rings. The molecule has 10 heteroatoms. The average molecular weight is 629 g/mol. The topological polar surface area (TPSA) is 58.6 Å². The van der Waals surface area contributed by atoms with Crippen LogP contribution in [-0.2, 0) is 23.7 Å². The number of amides is 1. The number of hydrogen-bond acceptors (Lipinski definition) is 4. The highest BCUT2D eigenvalue weighted by atomic mass is 35.5. The summed E-state index contributed by atoms with van der Waals surface area (Å²) in [6, 6.07) is 30.6. The minimum absolute atomic E-state index is 0.0350. The normalized spacial score (nSPS) is 12.3. The molecule has 0 radical (unpaired) electrons. The molecule has 4 aromatic carbocycles. The minimum atomic E-state index is -4.56. The lowest BCUT2D eigenvalue weighted by molar-refractivity contribution is -0.137. The minimum Gasteiger partial charge on any atom is -0.494 e. The molecule has 0 aromatic heterocycles. The van der Waals surface area contributed by atoms with E-state index in [1.54, 1.807) is 30.3 Å². The van der Waals surface area contributed by atoms with Crippen molar-refractivity contribution in [2.45, 2.75) is 25.1 Å². The largest absolute Gasteiger partial charge is 0.494 e. The number of benzene rings is 4. The van der Waals surface area contributed by atoms with Crippen molar-refractivity contribution in [1.82, 2.24) is 9.62 Å². The van der Waals surface area contributed by atoms with Crippen molar-refractivity contribution in [3.8, 4) is 5.75 Å². The van der Waals surface area contributed by atoms with Gasteiger partial charge in [-0.1, -0.05) is 90.5 Å². The van der Waals surface area contributed by atoms with Crippen LogP contribution >= 0.6 is 11.6 Å². The maximum absolute atomic E-state index is 13.6. The molecule has 0 aliphatic rings. The maximum Gasteiger partial charge on any atom is 0.417 e. The van der Waals surface area contributed by atoms with Gasteiger partial charge in [0.05, 0.1) is 17.2 Å². The monoisotopic (exact) mass is 628 g/mol. The molecule has 0 aliphatic carbocycles. The Bertz CT molecular complexity index is 1480. The van der Waals surface area contributed by atoms with E-state index in [4.69, 9.17) is 16.3 Å². The van der Waals surface area contributed by atoms with Crippen LogP contribution < -0.4 is 9.46 Å². The molecule has 1 amide bonds. The maximum atomic E-state index is 13.6. The number of hydrogen-bond donors (Lipinski definition) is 1. The van der Waals surface area contributed by atoms with E-state index in [1.807, 2.05) is 60.7 Å². The number of carbonyl (C=O) groups excluding carboxylic acids is 1. The van der Waals surface area contributed by atoms with Crippen LogP contribution in [0.4, 0.5) is 13.2 Å². The number of carbonyl (C=O) groups is 1. The smallest absolute Gasteiger partial charge is 0.417 e. The Kier molecular flexibility index (Phi) is 11.4. The predicted molar refractivity (Wildman–Crippen MR) is 165 cm³/mol. The van der Waals surface area contributed by atoms with Gasteiger partial charge in [-0.2, -0.15) is 13.2 Å². The highest BCUT2D eigenvalue weighted by Gasteiger charge is 2.34. The standard InChI is InChI=1S/C33H32ClF3N2O3S/c1-43(41)38-32(40)26-15-8-17-28(21-26)42-20-10-19-39(22-27-16-9-18-30(31(27)34)33(35,36)37)23-29(24-11-4-2-5-12-24)25-13-6-3-7-14-25/h2-9,11-18,21,29H,10,19-20,22-23H2,1H3,(H,38,40). The number of ether oxygens (including phenoxy) is 1. The summed E-state index contributed by atoms with van der Waals surface area (Å²) in [5, 5.41) is -0.296. The zero-order valence-corrected chi connectivity index (χ0v) is 25.1. The van der Waals surface area contributed by atoms with E-state index in [0.29, 0.717) is 43.0 Å². The second-order valence-electron chi connectivity index (χ2n) is 10.0. The van der Waals surface area contributed by atoms with Gasteiger partial charge >= 0.3 is 6.18 Å². The molecule has 0 aliphatic heterocycles. The molecule has 4 rings (SSSR count). The molecular weight excluding hydrogens is 597 g/mol. The molecule has 0 saturated carbocycles. The molecule has 0 heterocycles. The third-order valence-electron chi connectivity index (χ3n) is 6.84. The Morgan fingerprint density at radius 1 is 0.930 bits per heavy atom. The summed E-state index contributed by atoms with van der Waals surface area (Å²) in [4.78, 5) is 14.3. The molecule has 43 heavy (non-hydrogen) atoms. The van der Waals surface area contributed by atoms with E-state index in [-0.39, 0.29) is 17.5 Å². The third kappa shape index (κ3) is 9.41. The van der Waals surface area contributed by atoms with Gasteiger partial charge in [0.1, 0.15) is 16.7 Å². The second kappa shape index (κ2) is 15.2. The lowest BCUT2D eigenvalue weighted by Gasteiger charge is -2.29. The Balaban J connectivity index is 1.53. The molecule has 1 N–H and O–H groups in total. The number of halogens is 4. The molecule has 226 valence electrons. The lowest BCUT2D eigenvalue weighted by atomic mass is 9.90. The van der Waals surface area contributed by atoms with Gasteiger partial charge in [-0.25, -0.2) is 4.21 Å². The van der Waals surface area contributed by atoms with Crippen LogP contribution in [0.2, 0.25) is 5.02 Å². The van der Waals surface area contributed by atoms with Crippen molar-refractivity contribution >= 4 is 28.5 Å². The predicted octanol–water partition coefficient (Wildman–Crippen LogP) is 7.49. The lowest BCUT2D eigenvalue weighted by Crippen LogP contribution is -2.31. The van der Waals surface area contributed by atoms with Crippen LogP contribution in [0.1, 0.15) is 45.0 Å². The van der Waals surface area contributed by atoms with Crippen molar-refractivity contribution < 1.29 is 26.9 Å². The average Bonchev–Trinajstić information content (AvgIpc) is 2.99. The summed E-state index contributed by atoms with van der Waals surface area (Å²) in [7, 11) is -1.49. The van der Waals surface area contributed by atoms with E-state index in [9.17, 15) is 22.2 Å². The van der Waals surface area contributed by atoms with Crippen molar-refractivity contribution in [3.05, 3.63) is 136 Å². The van der Waals surface area contributed by atoms with Crippen LogP contribution in [-0.4, -0.2) is 41.0 Å². The Labute approximate surface area is 257 Å². The zero-order chi connectivity index (χ0) is 30.8. The summed E-state index contributed by atoms with van der Waals surface area (Å²) in [5.41, 5.74) is 2.04. The van der Waals surface area contributed by atoms with Gasteiger partial charge in [0, 0.05) is 37.4 Å². The van der Waals surface area contributed by atoms with Gasteiger partial charge in [-0.15, -0.1) is 0 Å². The quantitative estimate of drug-likeness (QED) is 0.156. The fourth-order valence-corrected chi connectivity index (χ4v) is 5.50. The van der Waals surface area contributed by atoms with Gasteiger partial charge in [-0.3, -0.25) is 14.4 Å². The number of nitrogens with zero attached hydrogens (tertiary/aromatic N) is 1. The summed E-state index contributed by atoms with van der Waals surface area (Å²) < 4.78 is 60.4. The third-order valence-corrected chi connectivity index (χ3v) is 7.76. The number of nitrogens with one attached hydrogen (secondary N) is 1. The van der Waals surface area contributed by atoms with E-state index >= 15 is 0 Å². The zero-order valence-electron chi connectivity index (χ0n) is 23.5. The summed E-state index contributed by atoms with van der Waals surface area (Å²) >= 11 is 6.30. The van der Waals surface area contributed by atoms with Crippen LogP contribution in [0.5, 0.6) is 5.75 Å².